The fourth-order valence-corrected chi connectivity index (χ4v) is 4.88. The van der Waals surface area contributed by atoms with Crippen molar-refractivity contribution >= 4 is 24.2 Å². The summed E-state index contributed by atoms with van der Waals surface area (Å²) in [5.41, 5.74) is 4.07. The Bertz CT molecular complexity index is 741. The molecule has 2 aliphatic rings. The number of piperidine rings is 1. The highest BCUT2D eigenvalue weighted by atomic mass is 35.5. The van der Waals surface area contributed by atoms with Gasteiger partial charge in [0.2, 0.25) is 0 Å². The minimum Gasteiger partial charge on any atom is -0.493 e. The molecule has 1 saturated heterocycles. The Morgan fingerprint density at radius 1 is 1.22 bits per heavy atom. The first-order valence-electron chi connectivity index (χ1n) is 9.78. The summed E-state index contributed by atoms with van der Waals surface area (Å²) >= 11 is 1.92. The van der Waals surface area contributed by atoms with Crippen LogP contribution in [-0.4, -0.2) is 24.9 Å². The maximum absolute atomic E-state index is 5.95. The molecule has 3 nitrogen and oxygen atoms in total. The predicted molar refractivity (Wildman–Crippen MR) is 116 cm³/mol. The molecule has 0 amide bonds. The maximum Gasteiger partial charge on any atom is 0.127 e. The lowest BCUT2D eigenvalue weighted by Gasteiger charge is -2.34. The molecule has 0 bridgehead atoms. The summed E-state index contributed by atoms with van der Waals surface area (Å²) in [7, 11) is 0. The van der Waals surface area contributed by atoms with E-state index in [-0.39, 0.29) is 12.4 Å². The Balaban J connectivity index is 0.00000210. The van der Waals surface area contributed by atoms with Crippen molar-refractivity contribution in [1.29, 1.82) is 0 Å². The summed E-state index contributed by atoms with van der Waals surface area (Å²) in [6.07, 6.45) is 3.47. The van der Waals surface area contributed by atoms with Gasteiger partial charge >= 0.3 is 0 Å². The molecule has 0 spiro atoms. The number of rotatable bonds is 6. The van der Waals surface area contributed by atoms with Crippen LogP contribution >= 0.6 is 24.2 Å². The van der Waals surface area contributed by atoms with E-state index in [1.165, 1.54) is 34.4 Å². The third-order valence-corrected chi connectivity index (χ3v) is 6.17. The van der Waals surface area contributed by atoms with Gasteiger partial charge in [-0.15, -0.1) is 24.2 Å². The number of hydrogen-bond donors (Lipinski definition) is 2. The lowest BCUT2D eigenvalue weighted by molar-refractivity contribution is 0.301. The van der Waals surface area contributed by atoms with Gasteiger partial charge in [0.05, 0.1) is 6.61 Å². The zero-order valence-corrected chi connectivity index (χ0v) is 17.5. The summed E-state index contributed by atoms with van der Waals surface area (Å²) in [5.74, 6) is 2.23. The normalized spacial score (nSPS) is 21.2. The van der Waals surface area contributed by atoms with Crippen molar-refractivity contribution in [1.82, 2.24) is 10.6 Å². The van der Waals surface area contributed by atoms with Crippen LogP contribution < -0.4 is 15.4 Å². The van der Waals surface area contributed by atoms with E-state index in [4.69, 9.17) is 4.74 Å². The number of nitrogens with one attached hydrogen (secondary N) is 2. The highest BCUT2D eigenvalue weighted by Crippen LogP contribution is 2.35. The Morgan fingerprint density at radius 2 is 2.07 bits per heavy atom. The molecule has 146 valence electrons. The summed E-state index contributed by atoms with van der Waals surface area (Å²) in [5, 5.41) is 7.54. The van der Waals surface area contributed by atoms with E-state index < -0.39 is 0 Å². The molecule has 5 heteroatoms. The van der Waals surface area contributed by atoms with Crippen LogP contribution in [0, 0.1) is 0 Å². The van der Waals surface area contributed by atoms with E-state index in [9.17, 15) is 0 Å². The number of thioether (sulfide) groups is 1. The molecular weight excluding hydrogens is 376 g/mol. The average Bonchev–Trinajstić information content (AvgIpc) is 3.16. The minimum absolute atomic E-state index is 0. The topological polar surface area (TPSA) is 33.3 Å². The fraction of sp³-hybridized carbons (Fsp3) is 0.455. The van der Waals surface area contributed by atoms with Gasteiger partial charge in [-0.2, -0.15) is 0 Å². The Kier molecular flexibility index (Phi) is 7.48. The van der Waals surface area contributed by atoms with Gasteiger partial charge in [-0.05, 0) is 48.4 Å². The van der Waals surface area contributed by atoms with Gasteiger partial charge in [-0.1, -0.05) is 37.3 Å². The van der Waals surface area contributed by atoms with E-state index in [2.05, 4.69) is 60.0 Å². The summed E-state index contributed by atoms with van der Waals surface area (Å²) in [6.45, 7) is 5.00. The lowest BCUT2D eigenvalue weighted by atomic mass is 9.92. The molecule has 2 aromatic carbocycles. The fourth-order valence-electron chi connectivity index (χ4n) is 4.10. The van der Waals surface area contributed by atoms with Crippen molar-refractivity contribution in [3.63, 3.8) is 0 Å². The summed E-state index contributed by atoms with van der Waals surface area (Å²) in [6, 6.07) is 16.3. The third kappa shape index (κ3) is 4.80. The molecule has 2 N–H and O–H groups in total. The van der Waals surface area contributed by atoms with Crippen LogP contribution in [-0.2, 0) is 13.0 Å². The van der Waals surface area contributed by atoms with Gasteiger partial charge < -0.3 is 15.4 Å². The van der Waals surface area contributed by atoms with E-state index in [0.29, 0.717) is 12.1 Å². The van der Waals surface area contributed by atoms with Crippen molar-refractivity contribution in [2.75, 3.05) is 18.9 Å². The Morgan fingerprint density at radius 3 is 2.89 bits per heavy atom. The Labute approximate surface area is 173 Å². The highest BCUT2D eigenvalue weighted by Gasteiger charge is 2.26. The monoisotopic (exact) mass is 404 g/mol. The first-order valence-corrected chi connectivity index (χ1v) is 10.8. The second-order valence-electron chi connectivity index (χ2n) is 7.07. The van der Waals surface area contributed by atoms with Gasteiger partial charge in [-0.25, -0.2) is 0 Å². The van der Waals surface area contributed by atoms with Crippen LogP contribution in [0.5, 0.6) is 5.75 Å². The summed E-state index contributed by atoms with van der Waals surface area (Å²) < 4.78 is 5.95. The standard InChI is InChI=1S/C22H28N2OS.ClH/c1-2-26-19-13-17-10-12-25-22(17)18(14-19)15-24-20-9-6-11-23-21(20)16-7-4-3-5-8-16;/h3-5,7-8,13-14,20-21,23-24H,2,6,9-12,15H2,1H3;1H/t20-,21-;/m0./s1. The molecule has 2 heterocycles. The lowest BCUT2D eigenvalue weighted by Crippen LogP contribution is -2.45. The number of halogens is 1. The second kappa shape index (κ2) is 9.83. The van der Waals surface area contributed by atoms with Crippen molar-refractivity contribution < 1.29 is 4.74 Å². The molecule has 2 aliphatic heterocycles. The molecule has 27 heavy (non-hydrogen) atoms. The van der Waals surface area contributed by atoms with Crippen LogP contribution in [0.4, 0.5) is 0 Å². The van der Waals surface area contributed by atoms with Crippen LogP contribution in [0.3, 0.4) is 0 Å². The van der Waals surface area contributed by atoms with E-state index in [0.717, 1.165) is 37.6 Å². The zero-order chi connectivity index (χ0) is 17.8. The van der Waals surface area contributed by atoms with Crippen molar-refractivity contribution in [3.05, 3.63) is 59.2 Å². The first-order chi connectivity index (χ1) is 12.8. The van der Waals surface area contributed by atoms with E-state index in [1.54, 1.807) is 0 Å². The van der Waals surface area contributed by atoms with Gasteiger partial charge in [0.1, 0.15) is 5.75 Å². The molecule has 0 radical (unpaired) electrons. The van der Waals surface area contributed by atoms with Crippen molar-refractivity contribution in [2.24, 2.45) is 0 Å². The van der Waals surface area contributed by atoms with Crippen molar-refractivity contribution in [2.45, 2.75) is 49.7 Å². The Hall–Kier alpha value is -1.20. The average molecular weight is 405 g/mol. The zero-order valence-electron chi connectivity index (χ0n) is 15.9. The molecule has 0 unspecified atom stereocenters. The van der Waals surface area contributed by atoms with Crippen LogP contribution in [0.25, 0.3) is 0 Å². The smallest absolute Gasteiger partial charge is 0.127 e. The van der Waals surface area contributed by atoms with Crippen LogP contribution in [0.2, 0.25) is 0 Å². The maximum atomic E-state index is 5.95. The molecule has 0 aliphatic carbocycles. The predicted octanol–water partition coefficient (Wildman–Crippen LogP) is 4.74. The molecule has 0 saturated carbocycles. The highest BCUT2D eigenvalue weighted by molar-refractivity contribution is 7.99. The number of hydrogen-bond acceptors (Lipinski definition) is 4. The number of fused-ring (bicyclic) bond motifs is 1. The third-order valence-electron chi connectivity index (χ3n) is 5.32. The van der Waals surface area contributed by atoms with E-state index >= 15 is 0 Å². The first kappa shape index (κ1) is 20.5. The molecule has 2 atom stereocenters. The SMILES string of the molecule is CCSc1cc2c(c(CN[C@H]3CCCN[C@H]3c3ccccc3)c1)OCC2.Cl. The molecule has 2 aromatic rings. The van der Waals surface area contributed by atoms with Crippen LogP contribution in [0.1, 0.15) is 42.5 Å². The quantitative estimate of drug-likeness (QED) is 0.681. The van der Waals surface area contributed by atoms with Gasteiger partial charge in [-0.3, -0.25) is 0 Å². The molecule has 4 rings (SSSR count). The molecule has 0 aromatic heterocycles. The number of ether oxygens (including phenoxy) is 1. The van der Waals surface area contributed by atoms with Crippen LogP contribution in [0.15, 0.2) is 47.4 Å². The van der Waals surface area contributed by atoms with Gasteiger partial charge in [0.15, 0.2) is 0 Å². The van der Waals surface area contributed by atoms with Gasteiger partial charge in [0, 0.05) is 35.5 Å². The minimum atomic E-state index is 0. The second-order valence-corrected chi connectivity index (χ2v) is 8.41. The van der Waals surface area contributed by atoms with Crippen molar-refractivity contribution in [3.8, 4) is 5.75 Å². The largest absolute Gasteiger partial charge is 0.493 e. The molecular formula is C22H29ClN2OS. The number of benzene rings is 2. The van der Waals surface area contributed by atoms with E-state index in [1.807, 2.05) is 11.8 Å². The summed E-state index contributed by atoms with van der Waals surface area (Å²) in [4.78, 5) is 1.37. The molecule has 1 fully saturated rings. The van der Waals surface area contributed by atoms with Gasteiger partial charge in [0.25, 0.3) is 0 Å².